The Morgan fingerprint density at radius 3 is 2.80 bits per heavy atom. The summed E-state index contributed by atoms with van der Waals surface area (Å²) in [5.74, 6) is -0.912. The lowest BCUT2D eigenvalue weighted by molar-refractivity contribution is -0.385. The molecular weight excluding hydrogens is 325 g/mol. The van der Waals surface area contributed by atoms with Gasteiger partial charge in [-0.25, -0.2) is 4.39 Å². The fourth-order valence-electron chi connectivity index (χ4n) is 3.04. The average molecular weight is 341 g/mol. The van der Waals surface area contributed by atoms with Gasteiger partial charge in [-0.2, -0.15) is 0 Å². The van der Waals surface area contributed by atoms with E-state index in [0.717, 1.165) is 30.5 Å². The molecule has 0 N–H and O–H groups in total. The van der Waals surface area contributed by atoms with E-state index in [-0.39, 0.29) is 23.2 Å². The zero-order valence-corrected chi connectivity index (χ0v) is 13.3. The Bertz CT molecular complexity index is 824. The average Bonchev–Trinajstić information content (AvgIpc) is 3.11. The summed E-state index contributed by atoms with van der Waals surface area (Å²) in [5.41, 5.74) is 0.845. The highest BCUT2D eigenvalue weighted by atomic mass is 19.1. The van der Waals surface area contributed by atoms with Crippen molar-refractivity contribution in [2.75, 3.05) is 6.54 Å². The van der Waals surface area contributed by atoms with Gasteiger partial charge in [-0.3, -0.25) is 19.9 Å². The molecule has 2 heterocycles. The van der Waals surface area contributed by atoms with Gasteiger partial charge < -0.3 is 4.90 Å². The topological polar surface area (TPSA) is 76.3 Å². The van der Waals surface area contributed by atoms with Crippen molar-refractivity contribution in [2.24, 2.45) is 0 Å². The highest BCUT2D eigenvalue weighted by Gasteiger charge is 2.28. The molecule has 7 heteroatoms. The number of benzene rings is 1. The van der Waals surface area contributed by atoms with Crippen molar-refractivity contribution in [3.63, 3.8) is 0 Å². The van der Waals surface area contributed by atoms with E-state index in [1.165, 1.54) is 18.2 Å². The Morgan fingerprint density at radius 2 is 2.08 bits per heavy atom. The minimum Gasteiger partial charge on any atom is -0.332 e. The molecule has 1 amide bonds. The van der Waals surface area contributed by atoms with Crippen LogP contribution in [0.3, 0.4) is 0 Å². The minimum atomic E-state index is -0.688. The van der Waals surface area contributed by atoms with Crippen LogP contribution in [-0.4, -0.2) is 27.3 Å². The van der Waals surface area contributed by atoms with Crippen LogP contribution in [0, 0.1) is 15.9 Å². The monoisotopic (exact) mass is 341 g/mol. The first-order valence-corrected chi connectivity index (χ1v) is 7.89. The van der Waals surface area contributed by atoms with Gasteiger partial charge >= 0.3 is 0 Å². The number of nitro benzene ring substituents is 1. The number of nitrogens with zero attached hydrogens (tertiary/aromatic N) is 3. The molecule has 0 radical (unpaired) electrons. The number of amides is 1. The smallest absolute Gasteiger partial charge is 0.279 e. The number of likely N-dealkylation sites (tertiary alicyclic amines) is 1. The number of nitro groups is 1. The number of aromatic nitrogens is 1. The summed E-state index contributed by atoms with van der Waals surface area (Å²) >= 11 is 0. The van der Waals surface area contributed by atoms with E-state index in [0.29, 0.717) is 6.54 Å². The van der Waals surface area contributed by atoms with E-state index in [2.05, 4.69) is 4.98 Å². The lowest BCUT2D eigenvalue weighted by Crippen LogP contribution is -2.28. The van der Waals surface area contributed by atoms with Gasteiger partial charge in [0.05, 0.1) is 22.6 Å². The van der Waals surface area contributed by atoms with Crippen molar-refractivity contribution < 1.29 is 14.1 Å². The number of carbonyl (C=O) groups is 1. The molecule has 1 fully saturated rings. The van der Waals surface area contributed by atoms with Crippen LogP contribution in [0.15, 0.2) is 48.8 Å². The molecule has 0 bridgehead atoms. The van der Waals surface area contributed by atoms with Gasteiger partial charge in [0.1, 0.15) is 5.82 Å². The number of rotatable bonds is 4. The number of hydrogen-bond acceptors (Lipinski definition) is 4. The first kappa shape index (κ1) is 16.8. The Morgan fingerprint density at radius 1 is 1.32 bits per heavy atom. The molecule has 1 aromatic carbocycles. The van der Waals surface area contributed by atoms with Crippen LogP contribution < -0.4 is 0 Å². The molecule has 1 saturated heterocycles. The third-order valence-corrected chi connectivity index (χ3v) is 4.22. The van der Waals surface area contributed by atoms with E-state index >= 15 is 0 Å². The SMILES string of the molecule is O=C(C=Cc1ccc(F)cc1[N+](=O)[O-])N1CCCC1c1ccncc1. The second kappa shape index (κ2) is 7.21. The van der Waals surface area contributed by atoms with Crippen molar-refractivity contribution in [3.05, 3.63) is 75.9 Å². The second-order valence-electron chi connectivity index (χ2n) is 5.76. The molecule has 128 valence electrons. The van der Waals surface area contributed by atoms with Crippen LogP contribution in [0.1, 0.15) is 30.0 Å². The Kier molecular flexibility index (Phi) is 4.83. The number of pyridine rings is 1. The van der Waals surface area contributed by atoms with Crippen LogP contribution in [0.2, 0.25) is 0 Å². The van der Waals surface area contributed by atoms with Crippen LogP contribution in [0.5, 0.6) is 0 Å². The van der Waals surface area contributed by atoms with Crippen LogP contribution in [0.25, 0.3) is 6.08 Å². The van der Waals surface area contributed by atoms with Gasteiger partial charge in [0.25, 0.3) is 5.69 Å². The van der Waals surface area contributed by atoms with Crippen molar-refractivity contribution >= 4 is 17.7 Å². The van der Waals surface area contributed by atoms with E-state index < -0.39 is 10.7 Å². The van der Waals surface area contributed by atoms with Crippen LogP contribution in [0.4, 0.5) is 10.1 Å². The van der Waals surface area contributed by atoms with E-state index in [4.69, 9.17) is 0 Å². The van der Waals surface area contributed by atoms with Gasteiger partial charge in [0.2, 0.25) is 5.91 Å². The van der Waals surface area contributed by atoms with Crippen LogP contribution in [-0.2, 0) is 4.79 Å². The quantitative estimate of drug-likeness (QED) is 0.484. The number of halogens is 1. The van der Waals surface area contributed by atoms with Gasteiger partial charge in [0.15, 0.2) is 0 Å². The van der Waals surface area contributed by atoms with Gasteiger partial charge in [0, 0.05) is 25.0 Å². The largest absolute Gasteiger partial charge is 0.332 e. The van der Waals surface area contributed by atoms with Crippen molar-refractivity contribution in [2.45, 2.75) is 18.9 Å². The Balaban J connectivity index is 1.80. The van der Waals surface area contributed by atoms with Gasteiger partial charge in [-0.1, -0.05) is 0 Å². The molecule has 1 unspecified atom stereocenters. The predicted molar refractivity (Wildman–Crippen MR) is 90.0 cm³/mol. The molecular formula is C18H16FN3O3. The maximum Gasteiger partial charge on any atom is 0.279 e. The molecule has 1 aromatic heterocycles. The highest BCUT2D eigenvalue weighted by molar-refractivity contribution is 5.92. The van der Waals surface area contributed by atoms with E-state index in [9.17, 15) is 19.3 Å². The zero-order chi connectivity index (χ0) is 17.8. The van der Waals surface area contributed by atoms with Crippen molar-refractivity contribution in [1.82, 2.24) is 9.88 Å². The molecule has 1 atom stereocenters. The molecule has 0 spiro atoms. The van der Waals surface area contributed by atoms with Crippen LogP contribution >= 0.6 is 0 Å². The molecule has 3 rings (SSSR count). The Labute approximate surface area is 143 Å². The van der Waals surface area contributed by atoms with Gasteiger partial charge in [-0.05, 0) is 48.7 Å². The number of hydrogen-bond donors (Lipinski definition) is 0. The molecule has 0 saturated carbocycles. The summed E-state index contributed by atoms with van der Waals surface area (Å²) in [6.07, 6.45) is 7.80. The number of carbonyl (C=O) groups excluding carboxylic acids is 1. The summed E-state index contributed by atoms with van der Waals surface area (Å²) in [5, 5.41) is 11.0. The van der Waals surface area contributed by atoms with Gasteiger partial charge in [-0.15, -0.1) is 0 Å². The second-order valence-corrected chi connectivity index (χ2v) is 5.76. The molecule has 0 aliphatic carbocycles. The normalized spacial score (nSPS) is 17.2. The minimum absolute atomic E-state index is 0.0247. The first-order valence-electron chi connectivity index (χ1n) is 7.89. The molecule has 25 heavy (non-hydrogen) atoms. The third kappa shape index (κ3) is 3.71. The molecule has 1 aliphatic rings. The maximum atomic E-state index is 13.2. The Hall–Kier alpha value is -3.09. The third-order valence-electron chi connectivity index (χ3n) is 4.22. The molecule has 2 aromatic rings. The fraction of sp³-hybridized carbons (Fsp3) is 0.222. The summed E-state index contributed by atoms with van der Waals surface area (Å²) in [4.78, 5) is 28.6. The van der Waals surface area contributed by atoms with Crippen molar-refractivity contribution in [3.8, 4) is 0 Å². The van der Waals surface area contributed by atoms with E-state index in [1.807, 2.05) is 12.1 Å². The summed E-state index contributed by atoms with van der Waals surface area (Å²) in [6.45, 7) is 0.627. The van der Waals surface area contributed by atoms with Crippen molar-refractivity contribution in [1.29, 1.82) is 0 Å². The standard InChI is InChI=1S/C18H16FN3O3/c19-15-5-3-13(17(12-15)22(24)25)4-6-18(23)21-11-1-2-16(21)14-7-9-20-10-8-14/h3-10,12,16H,1-2,11H2. The predicted octanol–water partition coefficient (Wildman–Crippen LogP) is 3.51. The summed E-state index contributed by atoms with van der Waals surface area (Å²) < 4.78 is 13.2. The highest BCUT2D eigenvalue weighted by Crippen LogP contribution is 2.32. The first-order chi connectivity index (χ1) is 12.1. The summed E-state index contributed by atoms with van der Waals surface area (Å²) in [7, 11) is 0. The molecule has 6 nitrogen and oxygen atoms in total. The van der Waals surface area contributed by atoms with E-state index in [1.54, 1.807) is 17.3 Å². The lowest BCUT2D eigenvalue weighted by atomic mass is 10.1. The zero-order valence-electron chi connectivity index (χ0n) is 13.3. The summed E-state index contributed by atoms with van der Waals surface area (Å²) in [6, 6.07) is 7.01. The fourth-order valence-corrected chi connectivity index (χ4v) is 3.04. The maximum absolute atomic E-state index is 13.2. The lowest BCUT2D eigenvalue weighted by Gasteiger charge is -2.23. The molecule has 1 aliphatic heterocycles.